The Kier molecular flexibility index (Phi) is 3.93. The van der Waals surface area contributed by atoms with E-state index in [9.17, 15) is 9.59 Å². The monoisotopic (exact) mass is 329 g/mol. The second kappa shape index (κ2) is 5.90. The number of fused-ring (bicyclic) bond motifs is 1. The van der Waals surface area contributed by atoms with Crippen molar-refractivity contribution >= 4 is 27.9 Å². The van der Waals surface area contributed by atoms with Crippen LogP contribution in [0.15, 0.2) is 29.1 Å². The molecular weight excluding hydrogens is 314 g/mol. The molecule has 0 atom stereocenters. The lowest BCUT2D eigenvalue weighted by molar-refractivity contribution is -0.114. The van der Waals surface area contributed by atoms with Crippen LogP contribution in [0.4, 0.5) is 5.69 Å². The zero-order chi connectivity index (χ0) is 16.6. The number of hydrogen-bond donors (Lipinski definition) is 2. The molecular formula is C15H15N5O2S. The summed E-state index contributed by atoms with van der Waals surface area (Å²) >= 11 is 1.32. The first kappa shape index (κ1) is 15.3. The molecule has 0 aliphatic rings. The van der Waals surface area contributed by atoms with Gasteiger partial charge in [-0.05, 0) is 37.6 Å². The van der Waals surface area contributed by atoms with E-state index in [4.69, 9.17) is 5.73 Å². The van der Waals surface area contributed by atoms with Crippen LogP contribution in [-0.4, -0.2) is 27.0 Å². The molecule has 0 spiro atoms. The van der Waals surface area contributed by atoms with Gasteiger partial charge < -0.3 is 11.1 Å². The van der Waals surface area contributed by atoms with Gasteiger partial charge in [-0.3, -0.25) is 9.59 Å². The Balaban J connectivity index is 2.09. The summed E-state index contributed by atoms with van der Waals surface area (Å²) in [4.78, 5) is 28.3. The van der Waals surface area contributed by atoms with E-state index in [0.29, 0.717) is 21.3 Å². The Morgan fingerprint density at radius 1 is 1.30 bits per heavy atom. The second-order valence-corrected chi connectivity index (χ2v) is 6.13. The molecule has 2 heterocycles. The van der Waals surface area contributed by atoms with Crippen LogP contribution in [0.5, 0.6) is 0 Å². The van der Waals surface area contributed by atoms with Crippen molar-refractivity contribution in [2.45, 2.75) is 13.8 Å². The fourth-order valence-electron chi connectivity index (χ4n) is 2.23. The van der Waals surface area contributed by atoms with E-state index >= 15 is 0 Å². The van der Waals surface area contributed by atoms with Crippen LogP contribution in [0, 0.1) is 13.8 Å². The molecule has 0 radical (unpaired) electrons. The van der Waals surface area contributed by atoms with Gasteiger partial charge in [-0.25, -0.2) is 4.98 Å². The van der Waals surface area contributed by atoms with Gasteiger partial charge in [-0.15, -0.1) is 0 Å². The van der Waals surface area contributed by atoms with E-state index in [-0.39, 0.29) is 18.0 Å². The number of nitrogens with one attached hydrogen (secondary N) is 1. The van der Waals surface area contributed by atoms with Crippen molar-refractivity contribution in [1.82, 2.24) is 14.6 Å². The molecule has 0 aliphatic heterocycles. The Morgan fingerprint density at radius 2 is 2.09 bits per heavy atom. The molecule has 0 fully saturated rings. The highest BCUT2D eigenvalue weighted by Gasteiger charge is 2.11. The van der Waals surface area contributed by atoms with Crippen molar-refractivity contribution in [2.24, 2.45) is 5.73 Å². The fraction of sp³-hybridized carbons (Fsp3) is 0.200. The van der Waals surface area contributed by atoms with Crippen molar-refractivity contribution in [2.75, 3.05) is 11.9 Å². The summed E-state index contributed by atoms with van der Waals surface area (Å²) < 4.78 is 1.29. The highest BCUT2D eigenvalue weighted by molar-refractivity contribution is 7.19. The smallest absolute Gasteiger partial charge is 0.275 e. The molecule has 0 unspecified atom stereocenters. The Bertz CT molecular complexity index is 960. The van der Waals surface area contributed by atoms with Crippen molar-refractivity contribution in [3.8, 4) is 10.6 Å². The molecule has 3 aromatic rings. The van der Waals surface area contributed by atoms with Crippen LogP contribution >= 0.6 is 11.3 Å². The summed E-state index contributed by atoms with van der Waals surface area (Å²) in [5, 5.41) is 7.71. The molecule has 0 saturated carbocycles. The molecule has 0 saturated heterocycles. The van der Waals surface area contributed by atoms with Crippen molar-refractivity contribution < 1.29 is 4.79 Å². The molecule has 1 amide bonds. The van der Waals surface area contributed by atoms with Gasteiger partial charge in [0.1, 0.15) is 5.01 Å². The molecule has 0 aliphatic carbocycles. The first-order valence-corrected chi connectivity index (χ1v) is 7.77. The first-order valence-electron chi connectivity index (χ1n) is 6.96. The SMILES string of the molecule is Cc1cc(NC(=O)CN)cc(-c2nn3c(=O)cc(C)nc3s2)c1. The van der Waals surface area contributed by atoms with E-state index in [1.54, 1.807) is 13.0 Å². The molecule has 3 rings (SSSR count). The number of carbonyl (C=O) groups excluding carboxylic acids is 1. The third-order valence-corrected chi connectivity index (χ3v) is 4.12. The molecule has 3 N–H and O–H groups in total. The summed E-state index contributed by atoms with van der Waals surface area (Å²) in [6.45, 7) is 3.61. The van der Waals surface area contributed by atoms with Crippen molar-refractivity contribution in [3.05, 3.63) is 45.9 Å². The predicted molar refractivity (Wildman–Crippen MR) is 89.7 cm³/mol. The van der Waals surface area contributed by atoms with E-state index in [1.807, 2.05) is 19.1 Å². The molecule has 0 bridgehead atoms. The number of anilines is 1. The van der Waals surface area contributed by atoms with Crippen LogP contribution in [-0.2, 0) is 4.79 Å². The average Bonchev–Trinajstić information content (AvgIpc) is 2.90. The lowest BCUT2D eigenvalue weighted by Crippen LogP contribution is -2.21. The third-order valence-electron chi connectivity index (χ3n) is 3.17. The van der Waals surface area contributed by atoms with Gasteiger partial charge in [0.2, 0.25) is 10.9 Å². The highest BCUT2D eigenvalue weighted by atomic mass is 32.1. The minimum atomic E-state index is -0.264. The number of hydrogen-bond acceptors (Lipinski definition) is 6. The Labute approximate surface area is 135 Å². The van der Waals surface area contributed by atoms with Crippen molar-refractivity contribution in [3.63, 3.8) is 0 Å². The zero-order valence-electron chi connectivity index (χ0n) is 12.7. The van der Waals surface area contributed by atoms with Crippen LogP contribution in [0.3, 0.4) is 0 Å². The molecule has 118 valence electrons. The van der Waals surface area contributed by atoms with Crippen LogP contribution in [0.25, 0.3) is 15.5 Å². The van der Waals surface area contributed by atoms with Gasteiger partial charge >= 0.3 is 0 Å². The maximum Gasteiger partial charge on any atom is 0.275 e. The van der Waals surface area contributed by atoms with Crippen LogP contribution < -0.4 is 16.6 Å². The van der Waals surface area contributed by atoms with Crippen molar-refractivity contribution in [1.29, 1.82) is 0 Å². The minimum absolute atomic E-state index is 0.0804. The van der Waals surface area contributed by atoms with Gasteiger partial charge in [0.05, 0.1) is 6.54 Å². The van der Waals surface area contributed by atoms with E-state index in [2.05, 4.69) is 15.4 Å². The van der Waals surface area contributed by atoms with Gasteiger partial charge in [-0.2, -0.15) is 9.61 Å². The number of rotatable bonds is 3. The minimum Gasteiger partial charge on any atom is -0.325 e. The van der Waals surface area contributed by atoms with E-state index in [0.717, 1.165) is 11.1 Å². The number of amides is 1. The summed E-state index contributed by atoms with van der Waals surface area (Å²) in [6, 6.07) is 7.03. The quantitative estimate of drug-likeness (QED) is 0.755. The zero-order valence-corrected chi connectivity index (χ0v) is 13.5. The molecule has 8 heteroatoms. The lowest BCUT2D eigenvalue weighted by Gasteiger charge is -2.06. The largest absolute Gasteiger partial charge is 0.325 e. The van der Waals surface area contributed by atoms with Gasteiger partial charge in [0.15, 0.2) is 0 Å². The summed E-state index contributed by atoms with van der Waals surface area (Å²) in [7, 11) is 0. The maximum atomic E-state index is 12.0. The lowest BCUT2D eigenvalue weighted by atomic mass is 10.1. The summed E-state index contributed by atoms with van der Waals surface area (Å²) in [5.41, 5.74) is 8.19. The second-order valence-electron chi connectivity index (χ2n) is 5.18. The highest BCUT2D eigenvalue weighted by Crippen LogP contribution is 2.28. The Morgan fingerprint density at radius 3 is 2.83 bits per heavy atom. The van der Waals surface area contributed by atoms with Crippen LogP contribution in [0.2, 0.25) is 0 Å². The number of aryl methyl sites for hydroxylation is 2. The molecule has 1 aromatic carbocycles. The number of aromatic nitrogens is 3. The first-order chi connectivity index (χ1) is 11.0. The number of nitrogens with zero attached hydrogens (tertiary/aromatic N) is 3. The van der Waals surface area contributed by atoms with Gasteiger partial charge in [0, 0.05) is 23.0 Å². The number of nitrogens with two attached hydrogens (primary N) is 1. The maximum absolute atomic E-state index is 12.0. The standard InChI is InChI=1S/C15H15N5O2S/c1-8-3-10(6-11(4-8)18-12(21)7-16)14-19-20-13(22)5-9(2)17-15(20)23-14/h3-6H,7,16H2,1-2H3,(H,18,21). The number of carbonyl (C=O) groups is 1. The molecule has 23 heavy (non-hydrogen) atoms. The molecule has 7 nitrogen and oxygen atoms in total. The Hall–Kier alpha value is -2.58. The van der Waals surface area contributed by atoms with Gasteiger partial charge in [0.25, 0.3) is 5.56 Å². The normalized spacial score (nSPS) is 10.9. The van der Waals surface area contributed by atoms with Crippen LogP contribution in [0.1, 0.15) is 11.3 Å². The summed E-state index contributed by atoms with van der Waals surface area (Å²) in [6.07, 6.45) is 0. The predicted octanol–water partition coefficient (Wildman–Crippen LogP) is 1.33. The topological polar surface area (TPSA) is 102 Å². The fourth-order valence-corrected chi connectivity index (χ4v) is 3.17. The number of benzene rings is 1. The van der Waals surface area contributed by atoms with E-state index in [1.165, 1.54) is 21.9 Å². The third kappa shape index (κ3) is 3.13. The average molecular weight is 329 g/mol. The van der Waals surface area contributed by atoms with E-state index < -0.39 is 0 Å². The summed E-state index contributed by atoms with van der Waals surface area (Å²) in [5.74, 6) is -0.264. The van der Waals surface area contributed by atoms with Gasteiger partial charge in [-0.1, -0.05) is 11.3 Å². The molecule has 2 aromatic heterocycles.